The second kappa shape index (κ2) is 39.5. The van der Waals surface area contributed by atoms with Gasteiger partial charge in [0.15, 0.2) is 12.6 Å². The molecule has 23 heteroatoms. The predicted molar refractivity (Wildman–Crippen MR) is 292 cm³/mol. The van der Waals surface area contributed by atoms with Crippen molar-refractivity contribution in [3.63, 3.8) is 0 Å². The highest BCUT2D eigenvalue weighted by Gasteiger charge is 2.60. The van der Waals surface area contributed by atoms with Crippen LogP contribution in [0, 0.1) is 0 Å². The second-order valence-corrected chi connectivity index (χ2v) is 21.5. The zero-order valence-corrected chi connectivity index (χ0v) is 47.4. The van der Waals surface area contributed by atoms with Crippen LogP contribution in [0.2, 0.25) is 0 Å². The van der Waals surface area contributed by atoms with Gasteiger partial charge in [-0.2, -0.15) is 0 Å². The first-order valence-electron chi connectivity index (χ1n) is 29.4. The molecule has 18 unspecified atom stereocenters. The average Bonchev–Trinajstić information content (AvgIpc) is 3.56. The van der Waals surface area contributed by atoms with Gasteiger partial charge in [-0.15, -0.1) is 0 Å². The number of hydrogen-bond acceptors (Lipinski definition) is 20. The Morgan fingerprint density at radius 1 is 0.662 bits per heavy atom. The van der Waals surface area contributed by atoms with Crippen LogP contribution in [0.25, 0.3) is 0 Å². The average molecular weight is 1150 g/mol. The maximum atomic E-state index is 13.3. The van der Waals surface area contributed by atoms with Crippen molar-refractivity contribution < 1.29 is 104 Å². The number of carbonyl (C=O) groups is 3. The van der Waals surface area contributed by atoms with E-state index in [-0.39, 0.29) is 12.3 Å². The highest BCUT2D eigenvalue weighted by molar-refractivity contribution is 5.77. The third kappa shape index (κ3) is 23.9. The Balaban J connectivity index is 1.66. The molecule has 80 heavy (non-hydrogen) atoms. The van der Waals surface area contributed by atoms with Gasteiger partial charge in [0.1, 0.15) is 67.1 Å². The molecule has 3 rings (SSSR count). The standard InChI is InChI=1S/C57H100N2O21/c1-4-6-8-10-12-14-15-16-17-18-19-20-21-23-25-27-29-31-44(67)59-38(39(64)30-28-26-24-22-13-11-9-7-5-2)36-75-54-49(71)48(70)51(43(35-62)77-54)78-55-50(72)53(47(69)42(34-61)76-55)80-57(56(73)74)32-40(65)45(58-37(3)63)52(79-57)46(68)41(66)33-60/h12,14,16-17,28,30,38-43,45-55,60-62,64-66,68-72H,4-11,13,15,18-27,29,31-36H2,1-3H3,(H,58,63)(H,59,67)(H,73,74)/b14-12-,17-16-,30-28+. The lowest BCUT2D eigenvalue weighted by molar-refractivity contribution is -0.386. The Morgan fingerprint density at radius 2 is 1.21 bits per heavy atom. The van der Waals surface area contributed by atoms with Crippen molar-refractivity contribution in [2.75, 3.05) is 26.4 Å². The molecular weight excluding hydrogens is 1050 g/mol. The van der Waals surface area contributed by atoms with Crippen LogP contribution in [0.15, 0.2) is 36.5 Å². The van der Waals surface area contributed by atoms with E-state index in [0.29, 0.717) is 12.8 Å². The molecular formula is C57H100N2O21. The van der Waals surface area contributed by atoms with Crippen LogP contribution in [0.5, 0.6) is 0 Å². The fourth-order valence-corrected chi connectivity index (χ4v) is 10.0. The number of carbonyl (C=O) groups excluding carboxylic acids is 2. The van der Waals surface area contributed by atoms with Crippen molar-refractivity contribution in [2.45, 2.75) is 278 Å². The molecule has 18 atom stereocenters. The smallest absolute Gasteiger partial charge is 0.364 e. The molecule has 0 radical (unpaired) electrons. The van der Waals surface area contributed by atoms with E-state index in [1.54, 1.807) is 6.08 Å². The monoisotopic (exact) mass is 1150 g/mol. The number of nitrogens with one attached hydrogen (secondary N) is 2. The van der Waals surface area contributed by atoms with Crippen LogP contribution < -0.4 is 10.6 Å². The van der Waals surface area contributed by atoms with Gasteiger partial charge in [0, 0.05) is 19.8 Å². The van der Waals surface area contributed by atoms with Crippen LogP contribution in [-0.2, 0) is 42.8 Å². The van der Waals surface area contributed by atoms with E-state index in [1.807, 2.05) is 6.08 Å². The molecule has 3 heterocycles. The summed E-state index contributed by atoms with van der Waals surface area (Å²) in [6.45, 7) is 2.00. The van der Waals surface area contributed by atoms with Gasteiger partial charge >= 0.3 is 5.97 Å². The first-order chi connectivity index (χ1) is 38.4. The summed E-state index contributed by atoms with van der Waals surface area (Å²) in [6, 6.07) is -2.62. The number of carboxylic acids is 1. The topological polar surface area (TPSA) is 373 Å². The summed E-state index contributed by atoms with van der Waals surface area (Å²) in [7, 11) is 0. The van der Waals surface area contributed by atoms with Gasteiger partial charge in [-0.3, -0.25) is 9.59 Å². The molecule has 0 aromatic rings. The van der Waals surface area contributed by atoms with Crippen LogP contribution in [0.4, 0.5) is 0 Å². The van der Waals surface area contributed by atoms with Gasteiger partial charge < -0.3 is 100 Å². The lowest BCUT2D eigenvalue weighted by atomic mass is 9.88. The Morgan fingerprint density at radius 3 is 1.79 bits per heavy atom. The molecule has 23 nitrogen and oxygen atoms in total. The maximum Gasteiger partial charge on any atom is 0.364 e. The van der Waals surface area contributed by atoms with E-state index in [2.05, 4.69) is 48.8 Å². The second-order valence-electron chi connectivity index (χ2n) is 21.5. The molecule has 3 aliphatic heterocycles. The van der Waals surface area contributed by atoms with Crippen LogP contribution in [0.3, 0.4) is 0 Å². The lowest BCUT2D eigenvalue weighted by Crippen LogP contribution is -2.70. The molecule has 2 amide bonds. The number of aliphatic hydroxyl groups is 11. The van der Waals surface area contributed by atoms with Gasteiger partial charge in [0.2, 0.25) is 11.8 Å². The predicted octanol–water partition coefficient (Wildman–Crippen LogP) is 1.94. The Labute approximate surface area is 472 Å². The third-order valence-corrected chi connectivity index (χ3v) is 14.8. The summed E-state index contributed by atoms with van der Waals surface area (Å²) in [5.41, 5.74) is 0. The minimum atomic E-state index is -3.08. The van der Waals surface area contributed by atoms with Crippen molar-refractivity contribution in [3.05, 3.63) is 36.5 Å². The van der Waals surface area contributed by atoms with Crippen molar-refractivity contribution in [1.82, 2.24) is 10.6 Å². The quantitative estimate of drug-likeness (QED) is 0.0307. The van der Waals surface area contributed by atoms with E-state index in [9.17, 15) is 75.7 Å². The molecule has 0 aromatic carbocycles. The van der Waals surface area contributed by atoms with Gasteiger partial charge in [-0.25, -0.2) is 4.79 Å². The number of aliphatic hydroxyl groups excluding tert-OH is 11. The summed E-state index contributed by atoms with van der Waals surface area (Å²) in [5, 5.41) is 135. The number of ether oxygens (including phenoxy) is 6. The zero-order valence-electron chi connectivity index (χ0n) is 47.4. The minimum Gasteiger partial charge on any atom is -0.477 e. The van der Waals surface area contributed by atoms with Crippen molar-refractivity contribution >= 4 is 17.8 Å². The van der Waals surface area contributed by atoms with E-state index < -0.39 is 155 Å². The van der Waals surface area contributed by atoms with Crippen molar-refractivity contribution in [2.24, 2.45) is 0 Å². The van der Waals surface area contributed by atoms with Crippen LogP contribution in [0.1, 0.15) is 168 Å². The number of hydrogen-bond donors (Lipinski definition) is 14. The molecule has 0 bridgehead atoms. The van der Waals surface area contributed by atoms with Gasteiger partial charge in [-0.1, -0.05) is 134 Å². The number of allylic oxidation sites excluding steroid dienone is 5. The molecule has 3 saturated heterocycles. The number of aliphatic carboxylic acids is 1. The number of carboxylic acid groups (broad SMARTS) is 1. The summed E-state index contributed by atoms with van der Waals surface area (Å²) < 4.78 is 34.6. The molecule has 14 N–H and O–H groups in total. The highest BCUT2D eigenvalue weighted by Crippen LogP contribution is 2.38. The van der Waals surface area contributed by atoms with E-state index in [1.165, 1.54) is 32.1 Å². The van der Waals surface area contributed by atoms with Crippen molar-refractivity contribution in [1.29, 1.82) is 0 Å². The molecule has 0 saturated carbocycles. The fraction of sp³-hybridized carbons (Fsp3) is 0.842. The number of rotatable bonds is 41. The molecule has 3 aliphatic rings. The Kier molecular flexibility index (Phi) is 35.1. The molecule has 464 valence electrons. The Hall–Kier alpha value is -3.05. The summed E-state index contributed by atoms with van der Waals surface area (Å²) in [6.07, 6.45) is 5.24. The van der Waals surface area contributed by atoms with Crippen molar-refractivity contribution in [3.8, 4) is 0 Å². The Bertz CT molecular complexity index is 1790. The normalized spacial score (nSPS) is 30.9. The van der Waals surface area contributed by atoms with E-state index in [4.69, 9.17) is 28.4 Å². The SMILES string of the molecule is CCCCC/C=C\C/C=C\CCCCCCCCCC(=O)NC(COC1OC(CO)C(OC2OC(CO)C(O)C(OC3(C(=O)O)CC(O)C(NC(C)=O)C(C(O)C(O)CO)O3)C2O)C(O)C1O)C(O)/C=C/CCCCCCCCC. The first-order valence-corrected chi connectivity index (χ1v) is 29.4. The lowest BCUT2D eigenvalue weighted by Gasteiger charge is -2.50. The van der Waals surface area contributed by atoms with E-state index >= 15 is 0 Å². The van der Waals surface area contributed by atoms with Gasteiger partial charge in [0.05, 0.1) is 50.7 Å². The molecule has 3 fully saturated rings. The fourth-order valence-electron chi connectivity index (χ4n) is 10.0. The maximum absolute atomic E-state index is 13.3. The summed E-state index contributed by atoms with van der Waals surface area (Å²) in [5.74, 6) is -6.16. The first kappa shape index (κ1) is 71.2. The summed E-state index contributed by atoms with van der Waals surface area (Å²) >= 11 is 0. The van der Waals surface area contributed by atoms with Gasteiger partial charge in [0.25, 0.3) is 5.79 Å². The van der Waals surface area contributed by atoms with E-state index in [0.717, 1.165) is 96.8 Å². The highest BCUT2D eigenvalue weighted by atomic mass is 16.8. The van der Waals surface area contributed by atoms with Gasteiger partial charge in [-0.05, 0) is 51.4 Å². The number of amides is 2. The molecule has 0 spiro atoms. The molecule has 0 aromatic heterocycles. The largest absolute Gasteiger partial charge is 0.477 e. The molecule has 0 aliphatic carbocycles. The zero-order chi connectivity index (χ0) is 59.0. The number of unbranched alkanes of at least 4 members (excludes halogenated alkanes) is 17. The minimum absolute atomic E-state index is 0.189. The van der Waals surface area contributed by atoms with Crippen LogP contribution >= 0.6 is 0 Å². The third-order valence-electron chi connectivity index (χ3n) is 14.8. The summed E-state index contributed by atoms with van der Waals surface area (Å²) in [4.78, 5) is 38.3. The van der Waals surface area contributed by atoms with Crippen LogP contribution in [-0.4, -0.2) is 215 Å².